The zero-order valence-electron chi connectivity index (χ0n) is 13.9. The summed E-state index contributed by atoms with van der Waals surface area (Å²) in [6, 6.07) is 9.23. The van der Waals surface area contributed by atoms with E-state index in [1.54, 1.807) is 42.0 Å². The highest BCUT2D eigenvalue weighted by Crippen LogP contribution is 2.33. The summed E-state index contributed by atoms with van der Waals surface area (Å²) in [5.74, 6) is -0.337. The molecule has 4 nitrogen and oxygen atoms in total. The monoisotopic (exact) mass is 368 g/mol. The highest BCUT2D eigenvalue weighted by Gasteiger charge is 2.28. The van der Waals surface area contributed by atoms with Gasteiger partial charge in [-0.1, -0.05) is 13.0 Å². The van der Waals surface area contributed by atoms with E-state index in [1.165, 1.54) is 16.2 Å². The molecule has 3 aromatic rings. The first kappa shape index (κ1) is 17.5. The number of hydrogen-bond donors (Lipinski definition) is 0. The molecule has 0 amide bonds. The van der Waals surface area contributed by atoms with Crippen molar-refractivity contribution in [2.45, 2.75) is 24.2 Å². The smallest absolute Gasteiger partial charge is 0.274 e. The maximum atomic E-state index is 13.4. The first-order chi connectivity index (χ1) is 12.1. The molecule has 3 rings (SSSR count). The Morgan fingerprint density at radius 3 is 2.80 bits per heavy atom. The number of thioether (sulfide) groups is 1. The molecule has 0 spiro atoms. The summed E-state index contributed by atoms with van der Waals surface area (Å²) in [5.41, 5.74) is 1.63. The topological polar surface area (TPSA) is 62.3 Å². The molecule has 3 heterocycles. The Hall–Kier alpha value is -2.36. The fraction of sp³-hybridized carbons (Fsp3) is 0.211. The van der Waals surface area contributed by atoms with Crippen LogP contribution in [0, 0.1) is 11.3 Å². The van der Waals surface area contributed by atoms with Crippen molar-refractivity contribution in [3.05, 3.63) is 68.3 Å². The quantitative estimate of drug-likeness (QED) is 0.497. The van der Waals surface area contributed by atoms with E-state index in [0.717, 1.165) is 5.56 Å². The number of ketones is 1. The molecule has 3 aromatic heterocycles. The minimum Gasteiger partial charge on any atom is -0.293 e. The molecular weight excluding hydrogens is 352 g/mol. The van der Waals surface area contributed by atoms with Crippen molar-refractivity contribution in [2.75, 3.05) is 6.26 Å². The Morgan fingerprint density at radius 2 is 2.20 bits per heavy atom. The van der Waals surface area contributed by atoms with Gasteiger partial charge in [0.15, 0.2) is 5.78 Å². The van der Waals surface area contributed by atoms with Gasteiger partial charge in [0, 0.05) is 17.0 Å². The number of carbonyl (C=O) groups is 1. The lowest BCUT2D eigenvalue weighted by molar-refractivity contribution is 0.0956. The van der Waals surface area contributed by atoms with Crippen LogP contribution in [-0.2, 0) is 0 Å². The van der Waals surface area contributed by atoms with Gasteiger partial charge in [0.25, 0.3) is 5.56 Å². The van der Waals surface area contributed by atoms with E-state index in [-0.39, 0.29) is 22.8 Å². The van der Waals surface area contributed by atoms with Crippen molar-refractivity contribution in [2.24, 2.45) is 0 Å². The third-order valence-electron chi connectivity index (χ3n) is 4.24. The number of nitriles is 1. The molecule has 0 aliphatic rings. The summed E-state index contributed by atoms with van der Waals surface area (Å²) in [6.07, 6.45) is 4.05. The highest BCUT2D eigenvalue weighted by atomic mass is 32.2. The minimum atomic E-state index is -0.386. The Morgan fingerprint density at radius 1 is 1.40 bits per heavy atom. The van der Waals surface area contributed by atoms with Gasteiger partial charge in [0.2, 0.25) is 0 Å². The molecule has 0 N–H and O–H groups in total. The first-order valence-corrected chi connectivity index (χ1v) is 9.98. The van der Waals surface area contributed by atoms with Crippen LogP contribution in [0.1, 0.15) is 40.7 Å². The molecule has 0 aliphatic carbocycles. The molecule has 0 saturated carbocycles. The van der Waals surface area contributed by atoms with Crippen LogP contribution in [-0.4, -0.2) is 16.4 Å². The summed E-state index contributed by atoms with van der Waals surface area (Å²) in [5, 5.41) is 13.4. The second-order valence-corrected chi connectivity index (χ2v) is 7.13. The van der Waals surface area contributed by atoms with E-state index in [1.807, 2.05) is 29.8 Å². The van der Waals surface area contributed by atoms with E-state index >= 15 is 0 Å². The van der Waals surface area contributed by atoms with Gasteiger partial charge in [-0.15, -0.1) is 11.8 Å². The fourth-order valence-electron chi connectivity index (χ4n) is 3.04. The molecule has 25 heavy (non-hydrogen) atoms. The van der Waals surface area contributed by atoms with Gasteiger partial charge in [-0.05, 0) is 47.2 Å². The van der Waals surface area contributed by atoms with Crippen LogP contribution in [0.2, 0.25) is 0 Å². The van der Waals surface area contributed by atoms with E-state index in [4.69, 9.17) is 0 Å². The molecule has 0 saturated heterocycles. The van der Waals surface area contributed by atoms with Crippen LogP contribution in [0.25, 0.3) is 5.52 Å². The van der Waals surface area contributed by atoms with Crippen molar-refractivity contribution in [3.8, 4) is 6.07 Å². The lowest BCUT2D eigenvalue weighted by Crippen LogP contribution is -2.23. The van der Waals surface area contributed by atoms with Gasteiger partial charge in [0.05, 0.1) is 11.1 Å². The number of pyridine rings is 2. The predicted molar refractivity (Wildman–Crippen MR) is 102 cm³/mol. The first-order valence-electron chi connectivity index (χ1n) is 7.81. The summed E-state index contributed by atoms with van der Waals surface area (Å²) in [4.78, 5) is 26.5. The fourth-order valence-corrected chi connectivity index (χ4v) is 4.50. The number of hydrogen-bond acceptors (Lipinski definition) is 5. The van der Waals surface area contributed by atoms with Gasteiger partial charge in [-0.2, -0.15) is 16.6 Å². The molecule has 0 bridgehead atoms. The molecule has 0 fully saturated rings. The summed E-state index contributed by atoms with van der Waals surface area (Å²) < 4.78 is 1.39. The van der Waals surface area contributed by atoms with Gasteiger partial charge in [-0.3, -0.25) is 14.0 Å². The Bertz CT molecular complexity index is 1030. The number of fused-ring (bicyclic) bond motifs is 1. The van der Waals surface area contributed by atoms with Gasteiger partial charge in [0.1, 0.15) is 11.6 Å². The molecular formula is C19H16N2O2S2. The van der Waals surface area contributed by atoms with Crippen LogP contribution in [0.4, 0.5) is 0 Å². The van der Waals surface area contributed by atoms with Crippen molar-refractivity contribution >= 4 is 34.4 Å². The number of aromatic nitrogens is 1. The lowest BCUT2D eigenvalue weighted by atomic mass is 9.89. The SMILES string of the molecule is CCC(C(=O)c1c(SC)c(C#N)c(=O)n2ccccc12)c1ccsc1. The number of thiophene rings is 1. The average molecular weight is 368 g/mol. The van der Waals surface area contributed by atoms with Crippen molar-refractivity contribution in [1.29, 1.82) is 5.26 Å². The molecule has 0 radical (unpaired) electrons. The molecule has 1 atom stereocenters. The third kappa shape index (κ3) is 2.90. The van der Waals surface area contributed by atoms with Gasteiger partial charge >= 0.3 is 0 Å². The standard InChI is InChI=1S/C19H16N2O2S2/c1-3-13(12-7-9-25-11-12)17(22)16-15-6-4-5-8-21(15)19(23)14(10-20)18(16)24-2/h4-9,11,13H,3H2,1-2H3. The van der Waals surface area contributed by atoms with E-state index in [2.05, 4.69) is 0 Å². The van der Waals surface area contributed by atoms with Crippen LogP contribution in [0.3, 0.4) is 0 Å². The molecule has 126 valence electrons. The largest absolute Gasteiger partial charge is 0.293 e. The maximum absolute atomic E-state index is 13.4. The van der Waals surface area contributed by atoms with Gasteiger partial charge in [-0.25, -0.2) is 0 Å². The Kier molecular flexibility index (Phi) is 5.07. The van der Waals surface area contributed by atoms with Crippen LogP contribution in [0.15, 0.2) is 50.9 Å². The second-order valence-electron chi connectivity index (χ2n) is 5.54. The van der Waals surface area contributed by atoms with E-state index in [9.17, 15) is 14.9 Å². The normalized spacial score (nSPS) is 12.0. The zero-order chi connectivity index (χ0) is 18.0. The summed E-state index contributed by atoms with van der Waals surface area (Å²) >= 11 is 2.83. The predicted octanol–water partition coefficient (Wildman–Crippen LogP) is 4.33. The number of Topliss-reactive ketones (excluding diaryl/α,β-unsaturated/α-hetero) is 1. The van der Waals surface area contributed by atoms with Crippen molar-refractivity contribution in [3.63, 3.8) is 0 Å². The average Bonchev–Trinajstić information content (AvgIpc) is 3.16. The van der Waals surface area contributed by atoms with Crippen LogP contribution >= 0.6 is 23.1 Å². The van der Waals surface area contributed by atoms with Crippen LogP contribution < -0.4 is 5.56 Å². The molecule has 0 aliphatic heterocycles. The van der Waals surface area contributed by atoms with Crippen molar-refractivity contribution < 1.29 is 4.79 Å². The second kappa shape index (κ2) is 7.26. The number of nitrogens with zero attached hydrogens (tertiary/aromatic N) is 2. The third-order valence-corrected chi connectivity index (χ3v) is 5.75. The lowest BCUT2D eigenvalue weighted by Gasteiger charge is -2.18. The zero-order valence-corrected chi connectivity index (χ0v) is 15.5. The van der Waals surface area contributed by atoms with Gasteiger partial charge < -0.3 is 0 Å². The number of carbonyl (C=O) groups excluding carboxylic acids is 1. The van der Waals surface area contributed by atoms with Crippen molar-refractivity contribution in [1.82, 2.24) is 4.40 Å². The maximum Gasteiger partial charge on any atom is 0.274 e. The molecule has 6 heteroatoms. The molecule has 0 aromatic carbocycles. The number of rotatable bonds is 5. The molecule has 1 unspecified atom stereocenters. The van der Waals surface area contributed by atoms with Crippen LogP contribution in [0.5, 0.6) is 0 Å². The summed E-state index contributed by atoms with van der Waals surface area (Å²) in [7, 11) is 0. The minimum absolute atomic E-state index is 0.0275. The Balaban J connectivity index is 2.35. The van der Waals surface area contributed by atoms with E-state index < -0.39 is 0 Å². The van der Waals surface area contributed by atoms with E-state index in [0.29, 0.717) is 22.4 Å². The highest BCUT2D eigenvalue weighted by molar-refractivity contribution is 7.98. The Labute approximate surface area is 153 Å². The summed E-state index contributed by atoms with van der Waals surface area (Å²) in [6.45, 7) is 1.97.